The van der Waals surface area contributed by atoms with E-state index >= 15 is 0 Å². The largest absolute Gasteiger partial charge is 0.497 e. The van der Waals surface area contributed by atoms with Crippen LogP contribution in [0.3, 0.4) is 0 Å². The molecule has 0 aliphatic heterocycles. The fraction of sp³-hybridized carbons (Fsp3) is 0.190. The SMILES string of the molecule is COc1ccc(-c2nc3nc(C)cc(Nc4c(C)cccc4C)n3n2)cc1. The van der Waals surface area contributed by atoms with Gasteiger partial charge in [0.25, 0.3) is 5.78 Å². The minimum atomic E-state index is 0.564. The van der Waals surface area contributed by atoms with Crippen LogP contribution in [0.15, 0.2) is 48.5 Å². The summed E-state index contributed by atoms with van der Waals surface area (Å²) < 4.78 is 6.97. The highest BCUT2D eigenvalue weighted by Crippen LogP contribution is 2.26. The Labute approximate surface area is 157 Å². The molecule has 0 aliphatic rings. The normalized spacial score (nSPS) is 11.0. The Balaban J connectivity index is 1.80. The van der Waals surface area contributed by atoms with Crippen LogP contribution in [0.25, 0.3) is 17.2 Å². The van der Waals surface area contributed by atoms with Crippen molar-refractivity contribution in [1.82, 2.24) is 19.6 Å². The first-order valence-electron chi connectivity index (χ1n) is 8.77. The molecular formula is C21H21N5O. The zero-order valence-corrected chi connectivity index (χ0v) is 15.8. The van der Waals surface area contributed by atoms with E-state index < -0.39 is 0 Å². The summed E-state index contributed by atoms with van der Waals surface area (Å²) in [5, 5.41) is 8.18. The Hall–Kier alpha value is -3.41. The fourth-order valence-electron chi connectivity index (χ4n) is 3.08. The number of fused-ring (bicyclic) bond motifs is 1. The van der Waals surface area contributed by atoms with Gasteiger partial charge in [-0.2, -0.15) is 9.50 Å². The molecule has 27 heavy (non-hydrogen) atoms. The Morgan fingerprint density at radius 1 is 0.926 bits per heavy atom. The maximum Gasteiger partial charge on any atom is 0.254 e. The van der Waals surface area contributed by atoms with Crippen molar-refractivity contribution >= 4 is 17.3 Å². The van der Waals surface area contributed by atoms with E-state index in [9.17, 15) is 0 Å². The summed E-state index contributed by atoms with van der Waals surface area (Å²) in [4.78, 5) is 9.13. The molecule has 0 aliphatic carbocycles. The minimum Gasteiger partial charge on any atom is -0.497 e. The molecule has 1 N–H and O–H groups in total. The number of nitrogens with zero attached hydrogens (tertiary/aromatic N) is 4. The van der Waals surface area contributed by atoms with Crippen molar-refractivity contribution in [2.24, 2.45) is 0 Å². The molecule has 6 heteroatoms. The van der Waals surface area contributed by atoms with Crippen molar-refractivity contribution < 1.29 is 4.74 Å². The van der Waals surface area contributed by atoms with Crippen LogP contribution in [0.2, 0.25) is 0 Å². The molecule has 0 unspecified atom stereocenters. The molecule has 0 fully saturated rings. The maximum atomic E-state index is 5.22. The lowest BCUT2D eigenvalue weighted by molar-refractivity contribution is 0.415. The highest BCUT2D eigenvalue weighted by atomic mass is 16.5. The van der Waals surface area contributed by atoms with Crippen LogP contribution >= 0.6 is 0 Å². The Morgan fingerprint density at radius 3 is 2.30 bits per heavy atom. The topological polar surface area (TPSA) is 64.3 Å². The number of aromatic nitrogens is 4. The van der Waals surface area contributed by atoms with E-state index in [4.69, 9.17) is 4.74 Å². The van der Waals surface area contributed by atoms with Gasteiger partial charge in [0.2, 0.25) is 0 Å². The summed E-state index contributed by atoms with van der Waals surface area (Å²) in [6.07, 6.45) is 0. The summed E-state index contributed by atoms with van der Waals surface area (Å²) in [5.74, 6) is 2.82. The van der Waals surface area contributed by atoms with Gasteiger partial charge in [-0.1, -0.05) is 18.2 Å². The Bertz CT molecular complexity index is 1100. The number of hydrogen-bond donors (Lipinski definition) is 1. The van der Waals surface area contributed by atoms with Crippen LogP contribution in [0.5, 0.6) is 5.75 Å². The van der Waals surface area contributed by atoms with Gasteiger partial charge in [0.05, 0.1) is 7.11 Å². The molecule has 0 spiro atoms. The molecular weight excluding hydrogens is 338 g/mol. The average molecular weight is 359 g/mol. The summed E-state index contributed by atoms with van der Waals surface area (Å²) >= 11 is 0. The average Bonchev–Trinajstić information content (AvgIpc) is 3.09. The lowest BCUT2D eigenvalue weighted by Gasteiger charge is -2.13. The fourth-order valence-corrected chi connectivity index (χ4v) is 3.08. The first kappa shape index (κ1) is 17.0. The second-order valence-corrected chi connectivity index (χ2v) is 6.55. The van der Waals surface area contributed by atoms with Crippen LogP contribution in [0, 0.1) is 20.8 Å². The standard InChI is InChI=1S/C21H21N5O/c1-13-6-5-7-14(2)19(13)23-18-12-15(3)22-21-24-20(25-26(18)21)16-8-10-17(27-4)11-9-16/h5-12,23H,1-4H3. The molecule has 6 nitrogen and oxygen atoms in total. The van der Waals surface area contributed by atoms with Crippen molar-refractivity contribution in [2.45, 2.75) is 20.8 Å². The van der Waals surface area contributed by atoms with Gasteiger partial charge < -0.3 is 10.1 Å². The van der Waals surface area contributed by atoms with Gasteiger partial charge in [-0.25, -0.2) is 4.98 Å². The van der Waals surface area contributed by atoms with Crippen LogP contribution in [-0.4, -0.2) is 26.7 Å². The number of para-hydroxylation sites is 1. The predicted molar refractivity (Wildman–Crippen MR) is 107 cm³/mol. The molecule has 0 saturated heterocycles. The number of ether oxygens (including phenoxy) is 1. The molecule has 0 saturated carbocycles. The van der Waals surface area contributed by atoms with Crippen molar-refractivity contribution in [1.29, 1.82) is 0 Å². The smallest absolute Gasteiger partial charge is 0.254 e. The van der Waals surface area contributed by atoms with Crippen LogP contribution < -0.4 is 10.1 Å². The summed E-state index contributed by atoms with van der Waals surface area (Å²) in [6.45, 7) is 6.13. The molecule has 2 aromatic carbocycles. The van der Waals surface area contributed by atoms with Crippen LogP contribution in [0.4, 0.5) is 11.5 Å². The predicted octanol–water partition coefficient (Wildman–Crippen LogP) is 4.47. The van der Waals surface area contributed by atoms with Crippen molar-refractivity contribution in [2.75, 3.05) is 12.4 Å². The number of nitrogens with one attached hydrogen (secondary N) is 1. The highest BCUT2D eigenvalue weighted by Gasteiger charge is 2.13. The molecule has 2 heterocycles. The third-order valence-corrected chi connectivity index (χ3v) is 4.52. The Morgan fingerprint density at radius 2 is 1.63 bits per heavy atom. The van der Waals surface area contributed by atoms with Crippen molar-refractivity contribution in [3.05, 3.63) is 65.4 Å². The zero-order valence-electron chi connectivity index (χ0n) is 15.8. The third kappa shape index (κ3) is 3.21. The van der Waals surface area contributed by atoms with Gasteiger partial charge in [-0.3, -0.25) is 0 Å². The lowest BCUT2D eigenvalue weighted by Crippen LogP contribution is -2.04. The maximum absolute atomic E-state index is 5.22. The summed E-state index contributed by atoms with van der Waals surface area (Å²) in [7, 11) is 1.65. The number of benzene rings is 2. The van der Waals surface area contributed by atoms with Crippen molar-refractivity contribution in [3.63, 3.8) is 0 Å². The van der Waals surface area contributed by atoms with E-state index in [-0.39, 0.29) is 0 Å². The summed E-state index contributed by atoms with van der Waals surface area (Å²) in [6, 6.07) is 15.9. The molecule has 0 amide bonds. The second-order valence-electron chi connectivity index (χ2n) is 6.55. The van der Waals surface area contributed by atoms with Crippen LogP contribution in [-0.2, 0) is 0 Å². The van der Waals surface area contributed by atoms with Gasteiger partial charge in [-0.15, -0.1) is 5.10 Å². The van der Waals surface area contributed by atoms with E-state index in [1.165, 1.54) is 11.1 Å². The van der Waals surface area contributed by atoms with Gasteiger partial charge in [-0.05, 0) is 56.2 Å². The van der Waals surface area contributed by atoms with E-state index in [0.717, 1.165) is 28.5 Å². The molecule has 0 radical (unpaired) electrons. The Kier molecular flexibility index (Phi) is 4.24. The van der Waals surface area contributed by atoms with E-state index in [1.54, 1.807) is 11.6 Å². The third-order valence-electron chi connectivity index (χ3n) is 4.52. The molecule has 0 bridgehead atoms. The monoisotopic (exact) mass is 359 g/mol. The van der Waals surface area contributed by atoms with Crippen LogP contribution in [0.1, 0.15) is 16.8 Å². The highest BCUT2D eigenvalue weighted by molar-refractivity contribution is 5.67. The number of rotatable bonds is 4. The first-order chi connectivity index (χ1) is 13.0. The molecule has 4 rings (SSSR count). The van der Waals surface area contributed by atoms with Gasteiger partial charge in [0.1, 0.15) is 11.6 Å². The minimum absolute atomic E-state index is 0.564. The molecule has 4 aromatic rings. The van der Waals surface area contributed by atoms with Crippen molar-refractivity contribution in [3.8, 4) is 17.1 Å². The lowest BCUT2D eigenvalue weighted by atomic mass is 10.1. The molecule has 2 aromatic heterocycles. The number of anilines is 2. The van der Waals surface area contributed by atoms with E-state index in [1.807, 2.05) is 37.3 Å². The zero-order chi connectivity index (χ0) is 19.0. The van der Waals surface area contributed by atoms with Gasteiger partial charge in [0, 0.05) is 23.0 Å². The number of methoxy groups -OCH3 is 1. The number of hydrogen-bond acceptors (Lipinski definition) is 5. The van der Waals surface area contributed by atoms with E-state index in [0.29, 0.717) is 11.6 Å². The quantitative estimate of drug-likeness (QED) is 0.582. The molecule has 0 atom stereocenters. The first-order valence-corrected chi connectivity index (χ1v) is 8.77. The van der Waals surface area contributed by atoms with E-state index in [2.05, 4.69) is 52.4 Å². The van der Waals surface area contributed by atoms with Gasteiger partial charge >= 0.3 is 0 Å². The van der Waals surface area contributed by atoms with Gasteiger partial charge in [0.15, 0.2) is 5.82 Å². The number of aryl methyl sites for hydroxylation is 3. The second kappa shape index (κ2) is 6.72. The molecule has 136 valence electrons. The summed E-state index contributed by atoms with van der Waals surface area (Å²) in [5.41, 5.74) is 5.22.